The van der Waals surface area contributed by atoms with Gasteiger partial charge in [0.15, 0.2) is 0 Å². The molecule has 0 unspecified atom stereocenters. The topological polar surface area (TPSA) is 43.8 Å². The van der Waals surface area contributed by atoms with Crippen molar-refractivity contribution in [3.63, 3.8) is 0 Å². The second-order valence-corrected chi connectivity index (χ2v) is 5.17. The van der Waals surface area contributed by atoms with Crippen molar-refractivity contribution in [2.75, 3.05) is 6.54 Å². The molecule has 0 radical (unpaired) electrons. The summed E-state index contributed by atoms with van der Waals surface area (Å²) in [5, 5.41) is 0. The Kier molecular flexibility index (Phi) is 3.28. The number of fused-ring (bicyclic) bond motifs is 1. The fraction of sp³-hybridized carbons (Fsp3) is 0.235. The maximum atomic E-state index is 5.78. The van der Waals surface area contributed by atoms with Gasteiger partial charge in [-0.15, -0.1) is 0 Å². The molecule has 0 saturated carbocycles. The Morgan fingerprint density at radius 3 is 2.45 bits per heavy atom. The molecule has 1 heterocycles. The van der Waals surface area contributed by atoms with Crippen molar-refractivity contribution in [3.05, 3.63) is 53.6 Å². The Morgan fingerprint density at radius 1 is 1.05 bits per heavy atom. The number of nitrogens with two attached hydrogens (primary N) is 1. The molecule has 0 fully saturated rings. The van der Waals surface area contributed by atoms with Gasteiger partial charge in [-0.05, 0) is 37.1 Å². The molecule has 2 N–H and O–H groups in total. The Bertz CT molecular complexity index is 742. The Labute approximate surface area is 119 Å². The third-order valence-electron chi connectivity index (χ3n) is 3.75. The van der Waals surface area contributed by atoms with Gasteiger partial charge < -0.3 is 10.3 Å². The molecule has 3 rings (SSSR count). The number of benzene rings is 2. The summed E-state index contributed by atoms with van der Waals surface area (Å²) in [4.78, 5) is 4.81. The molecule has 0 aliphatic carbocycles. The van der Waals surface area contributed by atoms with Crippen LogP contribution in [0.15, 0.2) is 42.5 Å². The SMILES string of the molecule is Cc1cc2nc(-c3ccccc3)n(CCN)c2cc1C. The predicted molar refractivity (Wildman–Crippen MR) is 83.7 cm³/mol. The van der Waals surface area contributed by atoms with Crippen LogP contribution in [0.5, 0.6) is 0 Å². The van der Waals surface area contributed by atoms with Crippen molar-refractivity contribution < 1.29 is 0 Å². The van der Waals surface area contributed by atoms with Crippen molar-refractivity contribution >= 4 is 11.0 Å². The van der Waals surface area contributed by atoms with Crippen LogP contribution in [0.25, 0.3) is 22.4 Å². The molecule has 1 aromatic heterocycles. The van der Waals surface area contributed by atoms with Crippen LogP contribution >= 0.6 is 0 Å². The number of aromatic nitrogens is 2. The molecule has 0 aliphatic rings. The molecular formula is C17H19N3. The Morgan fingerprint density at radius 2 is 1.75 bits per heavy atom. The average molecular weight is 265 g/mol. The van der Waals surface area contributed by atoms with Crippen LogP contribution in [0.2, 0.25) is 0 Å². The Balaban J connectivity index is 2.28. The summed E-state index contributed by atoms with van der Waals surface area (Å²) in [5.74, 6) is 0.996. The van der Waals surface area contributed by atoms with Crippen molar-refractivity contribution in [2.24, 2.45) is 5.73 Å². The van der Waals surface area contributed by atoms with E-state index in [4.69, 9.17) is 10.7 Å². The van der Waals surface area contributed by atoms with Crippen LogP contribution in [0.1, 0.15) is 11.1 Å². The zero-order valence-electron chi connectivity index (χ0n) is 11.9. The summed E-state index contributed by atoms with van der Waals surface area (Å²) in [7, 11) is 0. The molecule has 3 aromatic rings. The highest BCUT2D eigenvalue weighted by Gasteiger charge is 2.12. The second kappa shape index (κ2) is 5.10. The maximum absolute atomic E-state index is 5.78. The molecule has 0 saturated heterocycles. The highest BCUT2D eigenvalue weighted by atomic mass is 15.1. The van der Waals surface area contributed by atoms with E-state index in [9.17, 15) is 0 Å². The summed E-state index contributed by atoms with van der Waals surface area (Å²) in [6.07, 6.45) is 0. The summed E-state index contributed by atoms with van der Waals surface area (Å²) in [5.41, 5.74) is 11.7. The molecule has 102 valence electrons. The second-order valence-electron chi connectivity index (χ2n) is 5.17. The molecule has 2 aromatic carbocycles. The molecule has 0 spiro atoms. The van der Waals surface area contributed by atoms with Gasteiger partial charge in [0.05, 0.1) is 11.0 Å². The number of rotatable bonds is 3. The van der Waals surface area contributed by atoms with Crippen LogP contribution in [0.3, 0.4) is 0 Å². The minimum absolute atomic E-state index is 0.609. The fourth-order valence-corrected chi connectivity index (χ4v) is 2.54. The first-order valence-corrected chi connectivity index (χ1v) is 6.93. The first kappa shape index (κ1) is 12.9. The van der Waals surface area contributed by atoms with Gasteiger partial charge in [-0.1, -0.05) is 30.3 Å². The highest BCUT2D eigenvalue weighted by Crippen LogP contribution is 2.26. The lowest BCUT2D eigenvalue weighted by Crippen LogP contribution is -2.11. The van der Waals surface area contributed by atoms with E-state index in [1.165, 1.54) is 11.1 Å². The van der Waals surface area contributed by atoms with Gasteiger partial charge >= 0.3 is 0 Å². The number of imidazole rings is 1. The summed E-state index contributed by atoms with van der Waals surface area (Å²) in [6, 6.07) is 14.6. The zero-order valence-corrected chi connectivity index (χ0v) is 11.9. The molecule has 3 nitrogen and oxygen atoms in total. The van der Waals surface area contributed by atoms with Crippen molar-refractivity contribution in [1.82, 2.24) is 9.55 Å². The lowest BCUT2D eigenvalue weighted by molar-refractivity contribution is 0.735. The van der Waals surface area contributed by atoms with Crippen molar-refractivity contribution in [3.8, 4) is 11.4 Å². The minimum atomic E-state index is 0.609. The van der Waals surface area contributed by atoms with Crippen LogP contribution in [0, 0.1) is 13.8 Å². The van der Waals surface area contributed by atoms with Gasteiger partial charge in [-0.3, -0.25) is 0 Å². The molecule has 20 heavy (non-hydrogen) atoms. The monoisotopic (exact) mass is 265 g/mol. The lowest BCUT2D eigenvalue weighted by Gasteiger charge is -2.08. The standard InChI is InChI=1S/C17H19N3/c1-12-10-15-16(11-13(12)2)20(9-8-18)17(19-15)14-6-4-3-5-7-14/h3-7,10-11H,8-9,18H2,1-2H3. The van der Waals surface area contributed by atoms with Crippen LogP contribution in [-0.4, -0.2) is 16.1 Å². The van der Waals surface area contributed by atoms with Crippen molar-refractivity contribution in [1.29, 1.82) is 0 Å². The van der Waals surface area contributed by atoms with Gasteiger partial charge in [0.1, 0.15) is 5.82 Å². The van der Waals surface area contributed by atoms with Gasteiger partial charge in [0, 0.05) is 18.7 Å². The van der Waals surface area contributed by atoms with Gasteiger partial charge in [0.2, 0.25) is 0 Å². The van der Waals surface area contributed by atoms with E-state index in [1.807, 2.05) is 18.2 Å². The third-order valence-corrected chi connectivity index (χ3v) is 3.75. The predicted octanol–water partition coefficient (Wildman–Crippen LogP) is 3.28. The normalized spacial score (nSPS) is 11.2. The average Bonchev–Trinajstić information content (AvgIpc) is 2.79. The highest BCUT2D eigenvalue weighted by molar-refractivity contribution is 5.82. The van der Waals surface area contributed by atoms with E-state index in [0.717, 1.165) is 29.0 Å². The molecule has 0 amide bonds. The molecular weight excluding hydrogens is 246 g/mol. The van der Waals surface area contributed by atoms with Gasteiger partial charge in [-0.2, -0.15) is 0 Å². The van der Waals surface area contributed by atoms with E-state index < -0.39 is 0 Å². The van der Waals surface area contributed by atoms with E-state index in [-0.39, 0.29) is 0 Å². The third kappa shape index (κ3) is 2.10. The quantitative estimate of drug-likeness (QED) is 0.789. The lowest BCUT2D eigenvalue weighted by atomic mass is 10.1. The minimum Gasteiger partial charge on any atom is -0.329 e. The number of aryl methyl sites for hydroxylation is 2. The fourth-order valence-electron chi connectivity index (χ4n) is 2.54. The maximum Gasteiger partial charge on any atom is 0.141 e. The van der Waals surface area contributed by atoms with E-state index >= 15 is 0 Å². The summed E-state index contributed by atoms with van der Waals surface area (Å²) in [6.45, 7) is 5.65. The van der Waals surface area contributed by atoms with E-state index in [1.54, 1.807) is 0 Å². The number of hydrogen-bond donors (Lipinski definition) is 1. The van der Waals surface area contributed by atoms with Gasteiger partial charge in [-0.25, -0.2) is 4.98 Å². The smallest absolute Gasteiger partial charge is 0.141 e. The molecule has 0 bridgehead atoms. The van der Waals surface area contributed by atoms with Crippen molar-refractivity contribution in [2.45, 2.75) is 20.4 Å². The van der Waals surface area contributed by atoms with Crippen LogP contribution in [0.4, 0.5) is 0 Å². The first-order valence-electron chi connectivity index (χ1n) is 6.93. The van der Waals surface area contributed by atoms with Crippen LogP contribution < -0.4 is 5.73 Å². The number of nitrogens with zero attached hydrogens (tertiary/aromatic N) is 2. The summed E-state index contributed by atoms with van der Waals surface area (Å²) >= 11 is 0. The largest absolute Gasteiger partial charge is 0.329 e. The zero-order chi connectivity index (χ0) is 14.1. The van der Waals surface area contributed by atoms with E-state index in [2.05, 4.69) is 42.7 Å². The van der Waals surface area contributed by atoms with Crippen LogP contribution in [-0.2, 0) is 6.54 Å². The first-order chi connectivity index (χ1) is 9.70. The molecule has 0 atom stereocenters. The van der Waals surface area contributed by atoms with Gasteiger partial charge in [0.25, 0.3) is 0 Å². The summed E-state index contributed by atoms with van der Waals surface area (Å²) < 4.78 is 2.22. The van der Waals surface area contributed by atoms with E-state index in [0.29, 0.717) is 6.54 Å². The molecule has 0 aliphatic heterocycles. The number of hydrogen-bond acceptors (Lipinski definition) is 2. The Hall–Kier alpha value is -2.13. The molecule has 3 heteroatoms.